The van der Waals surface area contributed by atoms with Crippen LogP contribution in [0.25, 0.3) is 0 Å². The summed E-state index contributed by atoms with van der Waals surface area (Å²) in [6.45, 7) is 7.96. The molecule has 0 radical (unpaired) electrons. The first-order valence-electron chi connectivity index (χ1n) is 7.05. The topological polar surface area (TPSA) is 41.5 Å². The Kier molecular flexibility index (Phi) is 4.16. The molecule has 2 N–H and O–H groups in total. The van der Waals surface area contributed by atoms with E-state index in [4.69, 9.17) is 4.74 Å². The lowest BCUT2D eigenvalue weighted by Gasteiger charge is -2.37. The second-order valence-corrected chi connectivity index (χ2v) is 5.83. The number of ether oxygens (including phenoxy) is 1. The summed E-state index contributed by atoms with van der Waals surface area (Å²) in [5, 5.41) is 14.4. The van der Waals surface area contributed by atoms with Gasteiger partial charge >= 0.3 is 0 Å². The van der Waals surface area contributed by atoms with Crippen molar-refractivity contribution in [3.8, 4) is 5.75 Å². The van der Waals surface area contributed by atoms with Crippen molar-refractivity contribution >= 4 is 0 Å². The Morgan fingerprint density at radius 2 is 2.05 bits per heavy atom. The molecule has 3 nitrogen and oxygen atoms in total. The summed E-state index contributed by atoms with van der Waals surface area (Å²) in [6, 6.07) is 4.10. The molecular formula is C16H25NO2. The lowest BCUT2D eigenvalue weighted by Crippen LogP contribution is -2.42. The van der Waals surface area contributed by atoms with Crippen LogP contribution in [0.4, 0.5) is 0 Å². The van der Waals surface area contributed by atoms with Crippen LogP contribution in [0.5, 0.6) is 5.75 Å². The molecular weight excluding hydrogens is 238 g/mol. The van der Waals surface area contributed by atoms with Gasteiger partial charge in [-0.05, 0) is 69.0 Å². The van der Waals surface area contributed by atoms with Crippen LogP contribution in [0.1, 0.15) is 36.5 Å². The molecule has 19 heavy (non-hydrogen) atoms. The van der Waals surface area contributed by atoms with E-state index in [1.54, 1.807) is 7.11 Å². The minimum absolute atomic E-state index is 0.271. The van der Waals surface area contributed by atoms with Crippen molar-refractivity contribution in [1.29, 1.82) is 0 Å². The quantitative estimate of drug-likeness (QED) is 0.880. The smallest absolute Gasteiger partial charge is 0.122 e. The largest absolute Gasteiger partial charge is 0.496 e. The van der Waals surface area contributed by atoms with Gasteiger partial charge in [-0.1, -0.05) is 0 Å². The fourth-order valence-electron chi connectivity index (χ4n) is 3.11. The molecule has 0 amide bonds. The van der Waals surface area contributed by atoms with Crippen molar-refractivity contribution in [2.24, 2.45) is 5.92 Å². The summed E-state index contributed by atoms with van der Waals surface area (Å²) in [5.74, 6) is 1.16. The zero-order valence-electron chi connectivity index (χ0n) is 12.4. The Bertz CT molecular complexity index is 448. The van der Waals surface area contributed by atoms with Crippen LogP contribution in [0.15, 0.2) is 12.1 Å². The van der Waals surface area contributed by atoms with E-state index >= 15 is 0 Å². The highest BCUT2D eigenvalue weighted by atomic mass is 16.5. The van der Waals surface area contributed by atoms with Gasteiger partial charge in [-0.3, -0.25) is 0 Å². The summed E-state index contributed by atoms with van der Waals surface area (Å²) in [6.07, 6.45) is 2.21. The summed E-state index contributed by atoms with van der Waals surface area (Å²) < 4.78 is 5.34. The number of hydrogen-bond donors (Lipinski definition) is 2. The average Bonchev–Trinajstić information content (AvgIpc) is 2.41. The molecule has 106 valence electrons. The molecule has 0 aliphatic carbocycles. The first-order chi connectivity index (χ1) is 8.96. The number of nitrogens with one attached hydrogen (secondary N) is 1. The molecule has 0 spiro atoms. The van der Waals surface area contributed by atoms with Crippen LogP contribution in [0.2, 0.25) is 0 Å². The van der Waals surface area contributed by atoms with Crippen LogP contribution >= 0.6 is 0 Å². The fourth-order valence-corrected chi connectivity index (χ4v) is 3.11. The Morgan fingerprint density at radius 1 is 1.32 bits per heavy atom. The summed E-state index contributed by atoms with van der Waals surface area (Å²) in [7, 11) is 1.69. The highest BCUT2D eigenvalue weighted by Gasteiger charge is 2.35. The molecule has 2 unspecified atom stereocenters. The SMILES string of the molecule is COc1cc(C)c(C(C)(O)C2CCCNC2)cc1C. The Labute approximate surface area is 116 Å². The van der Waals surface area contributed by atoms with Crippen molar-refractivity contribution in [3.05, 3.63) is 28.8 Å². The van der Waals surface area contributed by atoms with Crippen molar-refractivity contribution in [1.82, 2.24) is 5.32 Å². The predicted molar refractivity (Wildman–Crippen MR) is 77.6 cm³/mol. The molecule has 1 heterocycles. The standard InChI is InChI=1S/C16H25NO2/c1-11-9-15(19-4)12(2)8-14(11)16(3,18)13-6-5-7-17-10-13/h8-9,13,17-18H,5-7,10H2,1-4H3. The molecule has 3 heteroatoms. The molecule has 0 bridgehead atoms. The Hall–Kier alpha value is -1.06. The number of rotatable bonds is 3. The van der Waals surface area contributed by atoms with Crippen molar-refractivity contribution < 1.29 is 9.84 Å². The molecule has 2 atom stereocenters. The molecule has 0 saturated carbocycles. The van der Waals surface area contributed by atoms with Crippen molar-refractivity contribution in [3.63, 3.8) is 0 Å². The summed E-state index contributed by atoms with van der Waals surface area (Å²) in [5.41, 5.74) is 2.42. The maximum atomic E-state index is 11.0. The molecule has 1 aliphatic heterocycles. The van der Waals surface area contributed by atoms with E-state index in [2.05, 4.69) is 11.4 Å². The lowest BCUT2D eigenvalue weighted by molar-refractivity contribution is -0.0162. The molecule has 1 saturated heterocycles. The van der Waals surface area contributed by atoms with Gasteiger partial charge in [0.05, 0.1) is 12.7 Å². The number of hydrogen-bond acceptors (Lipinski definition) is 3. The van der Waals surface area contributed by atoms with E-state index in [0.29, 0.717) is 0 Å². The Balaban J connectivity index is 2.36. The highest BCUT2D eigenvalue weighted by Crippen LogP contribution is 2.37. The van der Waals surface area contributed by atoms with Crippen LogP contribution < -0.4 is 10.1 Å². The highest BCUT2D eigenvalue weighted by molar-refractivity contribution is 5.44. The van der Waals surface area contributed by atoms with Gasteiger partial charge in [0, 0.05) is 12.5 Å². The van der Waals surface area contributed by atoms with Gasteiger partial charge in [0.1, 0.15) is 5.75 Å². The van der Waals surface area contributed by atoms with Gasteiger partial charge in [0.25, 0.3) is 0 Å². The molecule has 2 rings (SSSR count). The minimum Gasteiger partial charge on any atom is -0.496 e. The maximum Gasteiger partial charge on any atom is 0.122 e. The number of piperidine rings is 1. The van der Waals surface area contributed by atoms with Gasteiger partial charge in [-0.25, -0.2) is 0 Å². The van der Waals surface area contributed by atoms with E-state index in [1.807, 2.05) is 26.8 Å². The van der Waals surface area contributed by atoms with E-state index in [0.717, 1.165) is 48.4 Å². The second kappa shape index (κ2) is 5.51. The molecule has 1 aromatic carbocycles. The molecule has 1 aromatic rings. The third kappa shape index (κ3) is 2.77. The summed E-state index contributed by atoms with van der Waals surface area (Å²) >= 11 is 0. The van der Waals surface area contributed by atoms with Gasteiger partial charge < -0.3 is 15.2 Å². The molecule has 1 fully saturated rings. The van der Waals surface area contributed by atoms with Crippen LogP contribution in [-0.4, -0.2) is 25.3 Å². The second-order valence-electron chi connectivity index (χ2n) is 5.83. The van der Waals surface area contributed by atoms with E-state index < -0.39 is 5.60 Å². The number of aliphatic hydroxyl groups is 1. The number of benzene rings is 1. The maximum absolute atomic E-state index is 11.0. The predicted octanol–water partition coefficient (Wildman–Crippen LogP) is 2.52. The first-order valence-corrected chi connectivity index (χ1v) is 7.05. The zero-order valence-corrected chi connectivity index (χ0v) is 12.4. The minimum atomic E-state index is -0.783. The molecule has 0 aromatic heterocycles. The fraction of sp³-hybridized carbons (Fsp3) is 0.625. The molecule has 1 aliphatic rings. The zero-order chi connectivity index (χ0) is 14.0. The van der Waals surface area contributed by atoms with Gasteiger partial charge in [-0.2, -0.15) is 0 Å². The van der Waals surface area contributed by atoms with Crippen molar-refractivity contribution in [2.45, 2.75) is 39.2 Å². The number of methoxy groups -OCH3 is 1. The van der Waals surface area contributed by atoms with Gasteiger partial charge in [0.15, 0.2) is 0 Å². The normalized spacial score (nSPS) is 22.9. The van der Waals surface area contributed by atoms with Crippen LogP contribution in [0, 0.1) is 19.8 Å². The average molecular weight is 263 g/mol. The van der Waals surface area contributed by atoms with Gasteiger partial charge in [-0.15, -0.1) is 0 Å². The lowest BCUT2D eigenvalue weighted by atomic mass is 9.77. The number of aryl methyl sites for hydroxylation is 2. The van der Waals surface area contributed by atoms with Gasteiger partial charge in [0.2, 0.25) is 0 Å². The van der Waals surface area contributed by atoms with E-state index in [1.165, 1.54) is 0 Å². The monoisotopic (exact) mass is 263 g/mol. The first kappa shape index (κ1) is 14.4. The third-order valence-electron chi connectivity index (χ3n) is 4.38. The Morgan fingerprint density at radius 3 is 2.63 bits per heavy atom. The van der Waals surface area contributed by atoms with E-state index in [-0.39, 0.29) is 5.92 Å². The summed E-state index contributed by atoms with van der Waals surface area (Å²) in [4.78, 5) is 0. The van der Waals surface area contributed by atoms with E-state index in [9.17, 15) is 5.11 Å². The van der Waals surface area contributed by atoms with Crippen molar-refractivity contribution in [2.75, 3.05) is 20.2 Å². The third-order valence-corrected chi connectivity index (χ3v) is 4.38. The van der Waals surface area contributed by atoms with Crippen LogP contribution in [0.3, 0.4) is 0 Å². The van der Waals surface area contributed by atoms with Crippen LogP contribution in [-0.2, 0) is 5.60 Å².